The lowest BCUT2D eigenvalue weighted by atomic mass is 10.1. The number of H-pyrrole nitrogens is 1. The zero-order valence-corrected chi connectivity index (χ0v) is 15.4. The van der Waals surface area contributed by atoms with Gasteiger partial charge in [0.1, 0.15) is 11.4 Å². The number of halogens is 2. The van der Waals surface area contributed by atoms with Gasteiger partial charge in [0.15, 0.2) is 0 Å². The van der Waals surface area contributed by atoms with E-state index in [0.29, 0.717) is 26.6 Å². The minimum absolute atomic E-state index is 0.144. The molecular weight excluding hydrogens is 379 g/mol. The van der Waals surface area contributed by atoms with E-state index in [-0.39, 0.29) is 11.4 Å². The Hall–Kier alpha value is -2.61. The molecule has 0 saturated heterocycles. The van der Waals surface area contributed by atoms with E-state index < -0.39 is 11.8 Å². The second kappa shape index (κ2) is 7.33. The van der Waals surface area contributed by atoms with Crippen LogP contribution in [-0.4, -0.2) is 41.0 Å². The SMILES string of the molecule is CON(C)C(=O)Nc1c(C(=O)c2cc(Cl)ccn2)[nH]c2cc(Cl)ccc12. The molecule has 2 heterocycles. The average Bonchev–Trinajstić information content (AvgIpc) is 2.97. The molecule has 3 aromatic rings. The van der Waals surface area contributed by atoms with Gasteiger partial charge in [-0.3, -0.25) is 14.6 Å². The topological polar surface area (TPSA) is 87.3 Å². The normalized spacial score (nSPS) is 10.8. The summed E-state index contributed by atoms with van der Waals surface area (Å²) in [7, 11) is 2.80. The number of fused-ring (bicyclic) bond motifs is 1. The van der Waals surface area contributed by atoms with E-state index in [1.54, 1.807) is 24.3 Å². The molecule has 0 fully saturated rings. The van der Waals surface area contributed by atoms with Crippen molar-refractivity contribution in [3.8, 4) is 0 Å². The maximum absolute atomic E-state index is 12.9. The van der Waals surface area contributed by atoms with Crippen molar-refractivity contribution in [1.82, 2.24) is 15.0 Å². The molecule has 2 aromatic heterocycles. The molecule has 0 atom stereocenters. The third-order valence-corrected chi connectivity index (χ3v) is 4.20. The number of hydroxylamine groups is 2. The molecule has 0 bridgehead atoms. The zero-order valence-electron chi connectivity index (χ0n) is 13.8. The molecule has 3 rings (SSSR count). The molecule has 0 aliphatic rings. The Morgan fingerprint density at radius 2 is 1.92 bits per heavy atom. The Balaban J connectivity index is 2.12. The molecule has 7 nitrogen and oxygen atoms in total. The highest BCUT2D eigenvalue weighted by molar-refractivity contribution is 6.32. The van der Waals surface area contributed by atoms with Gasteiger partial charge < -0.3 is 10.3 Å². The van der Waals surface area contributed by atoms with Crippen LogP contribution in [0.4, 0.5) is 10.5 Å². The van der Waals surface area contributed by atoms with Crippen LogP contribution in [-0.2, 0) is 4.84 Å². The number of carbonyl (C=O) groups is 2. The van der Waals surface area contributed by atoms with E-state index in [1.807, 2.05) is 0 Å². The number of carbonyl (C=O) groups excluding carboxylic acids is 2. The standard InChI is InChI=1S/C17H14Cl2N4O3/c1-23(26-2)17(25)22-14-11-4-3-9(18)7-12(11)21-15(14)16(24)13-8-10(19)5-6-20-13/h3-8,21H,1-2H3,(H,22,25). The largest absolute Gasteiger partial charge is 0.350 e. The van der Waals surface area contributed by atoms with Gasteiger partial charge in [-0.25, -0.2) is 9.86 Å². The highest BCUT2D eigenvalue weighted by Gasteiger charge is 2.23. The van der Waals surface area contributed by atoms with Crippen LogP contribution in [0.5, 0.6) is 0 Å². The number of aromatic nitrogens is 2. The van der Waals surface area contributed by atoms with Crippen LogP contribution in [0.1, 0.15) is 16.2 Å². The van der Waals surface area contributed by atoms with Gasteiger partial charge in [0.2, 0.25) is 5.78 Å². The number of hydrogen-bond acceptors (Lipinski definition) is 4. The predicted octanol–water partition coefficient (Wildman–Crippen LogP) is 4.13. The summed E-state index contributed by atoms with van der Waals surface area (Å²) < 4.78 is 0. The number of urea groups is 1. The Labute approximate surface area is 158 Å². The van der Waals surface area contributed by atoms with Gasteiger partial charge in [0.05, 0.1) is 12.8 Å². The minimum atomic E-state index is -0.545. The number of benzene rings is 1. The van der Waals surface area contributed by atoms with Crippen molar-refractivity contribution in [2.45, 2.75) is 0 Å². The van der Waals surface area contributed by atoms with Crippen molar-refractivity contribution in [2.75, 3.05) is 19.5 Å². The van der Waals surface area contributed by atoms with Gasteiger partial charge in [0, 0.05) is 34.2 Å². The van der Waals surface area contributed by atoms with Crippen LogP contribution in [0.3, 0.4) is 0 Å². The number of hydrogen-bond donors (Lipinski definition) is 2. The Morgan fingerprint density at radius 3 is 2.62 bits per heavy atom. The second-order valence-electron chi connectivity index (χ2n) is 5.36. The number of nitrogens with one attached hydrogen (secondary N) is 2. The summed E-state index contributed by atoms with van der Waals surface area (Å²) in [5.41, 5.74) is 1.20. The van der Waals surface area contributed by atoms with Gasteiger partial charge in [-0.05, 0) is 30.3 Å². The summed E-state index contributed by atoms with van der Waals surface area (Å²) in [5, 5.41) is 5.17. The first-order valence-electron chi connectivity index (χ1n) is 7.47. The van der Waals surface area contributed by atoms with Crippen LogP contribution in [0.15, 0.2) is 36.5 Å². The van der Waals surface area contributed by atoms with Gasteiger partial charge in [-0.15, -0.1) is 0 Å². The van der Waals surface area contributed by atoms with E-state index in [0.717, 1.165) is 5.06 Å². The molecule has 0 aliphatic carbocycles. The van der Waals surface area contributed by atoms with Crippen molar-refractivity contribution >= 4 is 51.6 Å². The number of aromatic amines is 1. The second-order valence-corrected chi connectivity index (χ2v) is 6.24. The summed E-state index contributed by atoms with van der Waals surface area (Å²) >= 11 is 12.0. The zero-order chi connectivity index (χ0) is 18.8. The molecule has 0 aliphatic heterocycles. The maximum atomic E-state index is 12.9. The molecule has 2 amide bonds. The van der Waals surface area contributed by atoms with Crippen LogP contribution in [0, 0.1) is 0 Å². The highest BCUT2D eigenvalue weighted by Crippen LogP contribution is 2.31. The molecule has 0 spiro atoms. The molecule has 0 saturated carbocycles. The third-order valence-electron chi connectivity index (χ3n) is 3.73. The predicted molar refractivity (Wildman–Crippen MR) is 99.8 cm³/mol. The Kier molecular flexibility index (Phi) is 5.13. The van der Waals surface area contributed by atoms with E-state index in [1.165, 1.54) is 26.4 Å². The first-order valence-corrected chi connectivity index (χ1v) is 8.22. The van der Waals surface area contributed by atoms with E-state index in [2.05, 4.69) is 15.3 Å². The molecule has 134 valence electrons. The molecule has 26 heavy (non-hydrogen) atoms. The fourth-order valence-corrected chi connectivity index (χ4v) is 2.73. The van der Waals surface area contributed by atoms with Gasteiger partial charge in [-0.1, -0.05) is 23.2 Å². The molecule has 0 unspecified atom stereocenters. The number of ketones is 1. The number of nitrogens with zero attached hydrogens (tertiary/aromatic N) is 2. The molecule has 0 radical (unpaired) electrons. The monoisotopic (exact) mass is 392 g/mol. The van der Waals surface area contributed by atoms with Crippen molar-refractivity contribution in [2.24, 2.45) is 0 Å². The minimum Gasteiger partial charge on any atom is -0.350 e. The lowest BCUT2D eigenvalue weighted by Crippen LogP contribution is -2.30. The van der Waals surface area contributed by atoms with Crippen molar-refractivity contribution < 1.29 is 14.4 Å². The number of amides is 2. The smallest absolute Gasteiger partial charge is 0.345 e. The third kappa shape index (κ3) is 3.50. The first kappa shape index (κ1) is 18.2. The molecule has 1 aromatic carbocycles. The Bertz CT molecular complexity index is 1000. The summed E-state index contributed by atoms with van der Waals surface area (Å²) in [6.07, 6.45) is 1.44. The number of rotatable bonds is 4. The van der Waals surface area contributed by atoms with Gasteiger partial charge >= 0.3 is 6.03 Å². The van der Waals surface area contributed by atoms with E-state index in [9.17, 15) is 9.59 Å². The van der Waals surface area contributed by atoms with E-state index in [4.69, 9.17) is 28.0 Å². The summed E-state index contributed by atoms with van der Waals surface area (Å²) in [6.45, 7) is 0. The summed E-state index contributed by atoms with van der Waals surface area (Å²) in [6, 6.07) is 7.51. The van der Waals surface area contributed by atoms with Crippen LogP contribution >= 0.6 is 23.2 Å². The van der Waals surface area contributed by atoms with Gasteiger partial charge in [-0.2, -0.15) is 0 Å². The summed E-state index contributed by atoms with van der Waals surface area (Å²) in [5.74, 6) is -0.421. The lowest BCUT2D eigenvalue weighted by Gasteiger charge is -2.15. The van der Waals surface area contributed by atoms with Crippen LogP contribution in [0.2, 0.25) is 10.0 Å². The van der Waals surface area contributed by atoms with Crippen molar-refractivity contribution in [1.29, 1.82) is 0 Å². The first-order chi connectivity index (χ1) is 12.4. The van der Waals surface area contributed by atoms with Gasteiger partial charge in [0.25, 0.3) is 0 Å². The molecule has 2 N–H and O–H groups in total. The molecular formula is C17H14Cl2N4O3. The van der Waals surface area contributed by atoms with Crippen LogP contribution in [0.25, 0.3) is 10.9 Å². The van der Waals surface area contributed by atoms with Crippen molar-refractivity contribution in [3.05, 3.63) is 58.0 Å². The number of pyridine rings is 1. The van der Waals surface area contributed by atoms with E-state index >= 15 is 0 Å². The number of anilines is 1. The van der Waals surface area contributed by atoms with Crippen LogP contribution < -0.4 is 5.32 Å². The maximum Gasteiger partial charge on any atom is 0.345 e. The highest BCUT2D eigenvalue weighted by atomic mass is 35.5. The summed E-state index contributed by atoms with van der Waals surface area (Å²) in [4.78, 5) is 37.0. The average molecular weight is 393 g/mol. The van der Waals surface area contributed by atoms with Crippen molar-refractivity contribution in [3.63, 3.8) is 0 Å². The quantitative estimate of drug-likeness (QED) is 0.516. The lowest BCUT2D eigenvalue weighted by molar-refractivity contribution is -0.0598. The Morgan fingerprint density at radius 1 is 1.19 bits per heavy atom. The fourth-order valence-electron chi connectivity index (χ4n) is 2.40. The fraction of sp³-hybridized carbons (Fsp3) is 0.118. The molecule has 9 heteroatoms.